The van der Waals surface area contributed by atoms with Crippen molar-refractivity contribution in [1.82, 2.24) is 4.90 Å². The van der Waals surface area contributed by atoms with Crippen molar-refractivity contribution in [2.24, 2.45) is 10.9 Å². The summed E-state index contributed by atoms with van der Waals surface area (Å²) >= 11 is 0. The topological polar surface area (TPSA) is 99.2 Å². The fraction of sp³-hybridized carbons (Fsp3) is 0.714. The first-order valence-electron chi connectivity index (χ1n) is 3.85. The predicted molar refractivity (Wildman–Crippen MR) is 47.3 cm³/mol. The van der Waals surface area contributed by atoms with Gasteiger partial charge in [0, 0.05) is 7.05 Å². The van der Waals surface area contributed by atoms with Crippen LogP contribution in [-0.4, -0.2) is 46.7 Å². The Hall–Kier alpha value is -1.30. The molecule has 6 nitrogen and oxygen atoms in total. The normalized spacial score (nSPS) is 13.9. The summed E-state index contributed by atoms with van der Waals surface area (Å²) < 4.78 is 0. The molecule has 0 aromatic heterocycles. The molecule has 0 fully saturated rings. The van der Waals surface area contributed by atoms with E-state index in [1.807, 2.05) is 0 Å². The minimum Gasteiger partial charge on any atom is -0.409 e. The lowest BCUT2D eigenvalue weighted by Gasteiger charge is -2.22. The highest BCUT2D eigenvalue weighted by Crippen LogP contribution is 1.97. The highest BCUT2D eigenvalue weighted by Gasteiger charge is 2.15. The van der Waals surface area contributed by atoms with Gasteiger partial charge in [-0.1, -0.05) is 5.16 Å². The van der Waals surface area contributed by atoms with E-state index in [-0.39, 0.29) is 30.8 Å². The number of aliphatic hydroxyl groups is 1. The molecule has 0 bridgehead atoms. The Morgan fingerprint density at radius 2 is 2.23 bits per heavy atom. The van der Waals surface area contributed by atoms with Crippen molar-refractivity contribution in [2.45, 2.75) is 19.4 Å². The molecule has 0 rings (SSSR count). The third kappa shape index (κ3) is 3.75. The minimum atomic E-state index is -0.295. The summed E-state index contributed by atoms with van der Waals surface area (Å²) in [5, 5.41) is 19.6. The number of hydrogen-bond donors (Lipinski definition) is 3. The van der Waals surface area contributed by atoms with Crippen LogP contribution >= 0.6 is 0 Å². The number of oxime groups is 1. The Morgan fingerprint density at radius 3 is 2.62 bits per heavy atom. The highest BCUT2D eigenvalue weighted by molar-refractivity contribution is 5.98. The number of amidine groups is 1. The molecule has 76 valence electrons. The summed E-state index contributed by atoms with van der Waals surface area (Å²) in [5.41, 5.74) is 5.14. The van der Waals surface area contributed by atoms with Crippen molar-refractivity contribution in [2.75, 3.05) is 13.7 Å². The number of nitrogens with zero attached hydrogens (tertiary/aromatic N) is 2. The zero-order chi connectivity index (χ0) is 10.4. The monoisotopic (exact) mass is 189 g/mol. The second kappa shape index (κ2) is 5.36. The van der Waals surface area contributed by atoms with Crippen LogP contribution in [0.15, 0.2) is 5.16 Å². The summed E-state index contributed by atoms with van der Waals surface area (Å²) in [5.74, 6) is -0.432. The Morgan fingerprint density at radius 1 is 1.69 bits per heavy atom. The van der Waals surface area contributed by atoms with Gasteiger partial charge in [-0.2, -0.15) is 0 Å². The van der Waals surface area contributed by atoms with E-state index < -0.39 is 0 Å². The van der Waals surface area contributed by atoms with Gasteiger partial charge in [0.25, 0.3) is 0 Å². The van der Waals surface area contributed by atoms with Crippen molar-refractivity contribution in [3.63, 3.8) is 0 Å². The Bertz CT molecular complexity index is 205. The maximum Gasteiger partial charge on any atom is 0.230 e. The van der Waals surface area contributed by atoms with E-state index in [1.54, 1.807) is 14.0 Å². The van der Waals surface area contributed by atoms with Gasteiger partial charge in [0.05, 0.1) is 19.1 Å². The predicted octanol–water partition coefficient (Wildman–Crippen LogP) is -1.04. The van der Waals surface area contributed by atoms with Crippen molar-refractivity contribution >= 4 is 11.7 Å². The number of amides is 1. The van der Waals surface area contributed by atoms with Crippen molar-refractivity contribution in [1.29, 1.82) is 0 Å². The van der Waals surface area contributed by atoms with Gasteiger partial charge < -0.3 is 20.9 Å². The van der Waals surface area contributed by atoms with E-state index in [0.717, 1.165) is 0 Å². The zero-order valence-electron chi connectivity index (χ0n) is 7.77. The smallest absolute Gasteiger partial charge is 0.230 e. The number of carbonyl (C=O) groups excluding carboxylic acids is 1. The summed E-state index contributed by atoms with van der Waals surface area (Å²) in [6, 6.07) is -0.265. The van der Waals surface area contributed by atoms with Crippen LogP contribution in [0, 0.1) is 0 Å². The van der Waals surface area contributed by atoms with E-state index in [0.29, 0.717) is 0 Å². The molecule has 0 radical (unpaired) electrons. The lowest BCUT2D eigenvalue weighted by molar-refractivity contribution is -0.131. The van der Waals surface area contributed by atoms with Gasteiger partial charge in [0.2, 0.25) is 5.91 Å². The molecule has 1 atom stereocenters. The second-order valence-corrected chi connectivity index (χ2v) is 2.80. The third-order valence-corrected chi connectivity index (χ3v) is 1.78. The van der Waals surface area contributed by atoms with Gasteiger partial charge in [-0.3, -0.25) is 4.79 Å². The van der Waals surface area contributed by atoms with E-state index in [2.05, 4.69) is 5.16 Å². The number of nitrogens with two attached hydrogens (primary N) is 1. The molecule has 1 unspecified atom stereocenters. The average molecular weight is 189 g/mol. The molecule has 0 spiro atoms. The molecular formula is C7H15N3O3. The highest BCUT2D eigenvalue weighted by atomic mass is 16.4. The molecule has 1 amide bonds. The number of likely N-dealkylation sites (N-methyl/N-ethyl adjacent to an activating group) is 1. The SMILES string of the molecule is CC(CO)N(C)C(=O)CC(N)=NO. The first-order valence-corrected chi connectivity index (χ1v) is 3.85. The minimum absolute atomic E-state index is 0.113. The zero-order valence-corrected chi connectivity index (χ0v) is 7.77. The number of rotatable bonds is 4. The summed E-state index contributed by atoms with van der Waals surface area (Å²) in [4.78, 5) is 12.6. The molecule has 6 heteroatoms. The standard InChI is InChI=1S/C7H15N3O3/c1-5(4-11)10(2)7(12)3-6(8)9-13/h5,11,13H,3-4H2,1-2H3,(H2,8,9). The first kappa shape index (κ1) is 11.7. The van der Waals surface area contributed by atoms with E-state index in [1.165, 1.54) is 4.90 Å². The van der Waals surface area contributed by atoms with Gasteiger partial charge >= 0.3 is 0 Å². The van der Waals surface area contributed by atoms with Crippen LogP contribution in [0.4, 0.5) is 0 Å². The molecule has 0 aromatic carbocycles. The maximum absolute atomic E-state index is 11.3. The Kier molecular flexibility index (Phi) is 4.83. The molecule has 4 N–H and O–H groups in total. The number of aliphatic hydroxyl groups excluding tert-OH is 1. The van der Waals surface area contributed by atoms with Crippen molar-refractivity contribution in [3.05, 3.63) is 0 Å². The van der Waals surface area contributed by atoms with E-state index in [9.17, 15) is 4.79 Å². The van der Waals surface area contributed by atoms with Crippen LogP contribution in [0.1, 0.15) is 13.3 Å². The average Bonchev–Trinajstić information content (AvgIpc) is 2.14. The van der Waals surface area contributed by atoms with Crippen LogP contribution in [0.5, 0.6) is 0 Å². The molecular weight excluding hydrogens is 174 g/mol. The molecule has 0 aliphatic heterocycles. The molecule has 0 aliphatic rings. The van der Waals surface area contributed by atoms with Gasteiger partial charge in [-0.25, -0.2) is 0 Å². The van der Waals surface area contributed by atoms with E-state index >= 15 is 0 Å². The van der Waals surface area contributed by atoms with Crippen LogP contribution in [0.25, 0.3) is 0 Å². The van der Waals surface area contributed by atoms with Crippen LogP contribution in [0.2, 0.25) is 0 Å². The third-order valence-electron chi connectivity index (χ3n) is 1.78. The second-order valence-electron chi connectivity index (χ2n) is 2.80. The van der Waals surface area contributed by atoms with Crippen molar-refractivity contribution < 1.29 is 15.1 Å². The maximum atomic E-state index is 11.3. The number of hydrogen-bond acceptors (Lipinski definition) is 4. The lowest BCUT2D eigenvalue weighted by Crippen LogP contribution is -2.39. The quantitative estimate of drug-likeness (QED) is 0.228. The van der Waals surface area contributed by atoms with Crippen molar-refractivity contribution in [3.8, 4) is 0 Å². The summed E-state index contributed by atoms with van der Waals surface area (Å²) in [6.45, 7) is 1.59. The summed E-state index contributed by atoms with van der Waals surface area (Å²) in [6.07, 6.45) is -0.142. The number of carbonyl (C=O) groups is 1. The van der Waals surface area contributed by atoms with Gasteiger partial charge in [0.1, 0.15) is 5.84 Å². The fourth-order valence-corrected chi connectivity index (χ4v) is 0.683. The van der Waals surface area contributed by atoms with Crippen LogP contribution in [-0.2, 0) is 4.79 Å². The van der Waals surface area contributed by atoms with Crippen LogP contribution < -0.4 is 5.73 Å². The first-order chi connectivity index (χ1) is 6.02. The van der Waals surface area contributed by atoms with Gasteiger partial charge in [-0.05, 0) is 6.92 Å². The van der Waals surface area contributed by atoms with Gasteiger partial charge in [0.15, 0.2) is 0 Å². The Labute approximate surface area is 76.6 Å². The molecule has 0 aromatic rings. The van der Waals surface area contributed by atoms with Crippen LogP contribution in [0.3, 0.4) is 0 Å². The Balaban J connectivity index is 4.11. The summed E-state index contributed by atoms with van der Waals surface area (Å²) in [7, 11) is 1.55. The largest absolute Gasteiger partial charge is 0.409 e. The van der Waals surface area contributed by atoms with Gasteiger partial charge in [-0.15, -0.1) is 0 Å². The fourth-order valence-electron chi connectivity index (χ4n) is 0.683. The molecule has 0 saturated heterocycles. The molecule has 0 heterocycles. The molecule has 0 saturated carbocycles. The molecule has 13 heavy (non-hydrogen) atoms. The van der Waals surface area contributed by atoms with E-state index in [4.69, 9.17) is 16.0 Å². The lowest BCUT2D eigenvalue weighted by atomic mass is 10.2. The molecule has 0 aliphatic carbocycles.